The molecular weight excluding hydrogens is 459 g/mol. The summed E-state index contributed by atoms with van der Waals surface area (Å²) in [5.74, 6) is 0.709. The summed E-state index contributed by atoms with van der Waals surface area (Å²) >= 11 is 0. The van der Waals surface area contributed by atoms with Gasteiger partial charge in [0, 0.05) is 67.2 Å². The maximum Gasteiger partial charge on any atom is 0.244 e. The van der Waals surface area contributed by atoms with Crippen LogP contribution in [0.1, 0.15) is 23.4 Å². The zero-order valence-corrected chi connectivity index (χ0v) is 20.2. The fourth-order valence-electron chi connectivity index (χ4n) is 5.02. The van der Waals surface area contributed by atoms with Crippen LogP contribution in [0.4, 0.5) is 27.4 Å². The van der Waals surface area contributed by atoms with E-state index >= 15 is 4.39 Å². The smallest absolute Gasteiger partial charge is 0.244 e. The molecule has 0 radical (unpaired) electrons. The van der Waals surface area contributed by atoms with Crippen LogP contribution in [-0.4, -0.2) is 50.7 Å². The van der Waals surface area contributed by atoms with Crippen molar-refractivity contribution in [3.05, 3.63) is 53.4 Å². The van der Waals surface area contributed by atoms with Gasteiger partial charge in [0.1, 0.15) is 12.4 Å². The zero-order chi connectivity index (χ0) is 25.0. The van der Waals surface area contributed by atoms with Crippen LogP contribution >= 0.6 is 0 Å². The minimum Gasteiger partial charge on any atom is -0.396 e. The van der Waals surface area contributed by atoms with E-state index in [4.69, 9.17) is 5.73 Å². The summed E-state index contributed by atoms with van der Waals surface area (Å²) < 4.78 is 17.2. The first-order chi connectivity index (χ1) is 17.4. The van der Waals surface area contributed by atoms with Crippen LogP contribution in [-0.2, 0) is 24.2 Å². The lowest BCUT2D eigenvalue weighted by Crippen LogP contribution is -2.29. The molecule has 5 heterocycles. The summed E-state index contributed by atoms with van der Waals surface area (Å²) in [6.07, 6.45) is 5.98. The molecule has 184 valence electrons. The second kappa shape index (κ2) is 8.47. The quantitative estimate of drug-likeness (QED) is 0.379. The molecule has 6 rings (SSSR count). The summed E-state index contributed by atoms with van der Waals surface area (Å²) in [7, 11) is 1.80. The van der Waals surface area contributed by atoms with Gasteiger partial charge in [0.15, 0.2) is 11.6 Å². The van der Waals surface area contributed by atoms with Crippen molar-refractivity contribution < 1.29 is 9.18 Å². The monoisotopic (exact) mass is 486 g/mol. The number of rotatable bonds is 3. The molecule has 0 saturated heterocycles. The Hall–Kier alpha value is -4.21. The lowest BCUT2D eigenvalue weighted by Gasteiger charge is -2.21. The number of benzene rings is 1. The molecule has 4 N–H and O–H groups in total. The van der Waals surface area contributed by atoms with E-state index in [1.807, 2.05) is 19.1 Å². The van der Waals surface area contributed by atoms with Crippen molar-refractivity contribution in [3.63, 3.8) is 0 Å². The Morgan fingerprint density at radius 1 is 1.11 bits per heavy atom. The van der Waals surface area contributed by atoms with Gasteiger partial charge in [-0.3, -0.25) is 14.5 Å². The molecule has 4 aromatic rings. The largest absolute Gasteiger partial charge is 0.396 e. The van der Waals surface area contributed by atoms with Gasteiger partial charge in [0.25, 0.3) is 0 Å². The van der Waals surface area contributed by atoms with Crippen LogP contribution in [0.25, 0.3) is 21.9 Å². The number of anilines is 4. The average molecular weight is 487 g/mol. The standard InChI is InChI=1S/C26H27FN8O/c1-14-18(11-30-20-4-3-6-29-26(14)20)17-8-15-9-21(31-12-19(15)25(28)24(17)27)32-22-10-16-5-7-34(2)23(36)13-35(16)33-22/h8-12,29H,3-7,13,28H2,1-2H3,(H,31,32,33). The van der Waals surface area contributed by atoms with E-state index < -0.39 is 5.82 Å². The summed E-state index contributed by atoms with van der Waals surface area (Å²) in [4.78, 5) is 22.9. The highest BCUT2D eigenvalue weighted by molar-refractivity contribution is 5.98. The topological polar surface area (TPSA) is 114 Å². The molecule has 3 aromatic heterocycles. The summed E-state index contributed by atoms with van der Waals surface area (Å²) in [5, 5.41) is 12.5. The van der Waals surface area contributed by atoms with Crippen molar-refractivity contribution in [2.45, 2.75) is 32.7 Å². The van der Waals surface area contributed by atoms with Crippen LogP contribution in [0.15, 0.2) is 30.6 Å². The van der Waals surface area contributed by atoms with Crippen LogP contribution < -0.4 is 16.4 Å². The lowest BCUT2D eigenvalue weighted by molar-refractivity contribution is -0.130. The highest BCUT2D eigenvalue weighted by Gasteiger charge is 2.21. The number of fused-ring (bicyclic) bond motifs is 3. The second-order valence-corrected chi connectivity index (χ2v) is 9.46. The first kappa shape index (κ1) is 22.3. The molecule has 0 bridgehead atoms. The zero-order valence-electron chi connectivity index (χ0n) is 20.2. The number of carbonyl (C=O) groups is 1. The van der Waals surface area contributed by atoms with Crippen molar-refractivity contribution in [2.75, 3.05) is 36.5 Å². The Labute approximate surface area is 207 Å². The number of amides is 1. The number of aryl methyl sites for hydroxylation is 1. The number of pyridine rings is 2. The number of nitrogens with one attached hydrogen (secondary N) is 2. The van der Waals surface area contributed by atoms with Gasteiger partial charge in [0.05, 0.1) is 17.1 Å². The number of nitrogens with two attached hydrogens (primary N) is 1. The number of carbonyl (C=O) groups excluding carboxylic acids is 1. The molecule has 10 heteroatoms. The summed E-state index contributed by atoms with van der Waals surface area (Å²) in [6.45, 7) is 3.72. The molecule has 0 atom stereocenters. The number of halogens is 1. The van der Waals surface area contributed by atoms with E-state index in [-0.39, 0.29) is 18.1 Å². The normalized spacial score (nSPS) is 15.3. The highest BCUT2D eigenvalue weighted by atomic mass is 19.1. The maximum atomic E-state index is 15.4. The van der Waals surface area contributed by atoms with Crippen LogP contribution in [0.2, 0.25) is 0 Å². The molecule has 2 aliphatic rings. The first-order valence-electron chi connectivity index (χ1n) is 12.1. The van der Waals surface area contributed by atoms with E-state index in [0.29, 0.717) is 34.7 Å². The maximum absolute atomic E-state index is 15.4. The van der Waals surface area contributed by atoms with Gasteiger partial charge in [-0.25, -0.2) is 9.37 Å². The number of hydrogen-bond donors (Lipinski definition) is 3. The van der Waals surface area contributed by atoms with Gasteiger partial charge >= 0.3 is 0 Å². The fourth-order valence-corrected chi connectivity index (χ4v) is 5.02. The molecule has 0 aliphatic carbocycles. The highest BCUT2D eigenvalue weighted by Crippen LogP contribution is 2.38. The summed E-state index contributed by atoms with van der Waals surface area (Å²) in [5.41, 5.74) is 11.4. The second-order valence-electron chi connectivity index (χ2n) is 9.46. The molecule has 0 unspecified atom stereocenters. The Morgan fingerprint density at radius 2 is 1.97 bits per heavy atom. The molecule has 1 aromatic carbocycles. The minimum atomic E-state index is -0.474. The molecule has 0 fully saturated rings. The lowest BCUT2D eigenvalue weighted by atomic mass is 9.95. The van der Waals surface area contributed by atoms with Crippen molar-refractivity contribution in [1.82, 2.24) is 24.6 Å². The average Bonchev–Trinajstić information content (AvgIpc) is 3.19. The van der Waals surface area contributed by atoms with Gasteiger partial charge in [-0.05, 0) is 42.8 Å². The van der Waals surface area contributed by atoms with E-state index in [2.05, 4.69) is 25.7 Å². The van der Waals surface area contributed by atoms with Gasteiger partial charge < -0.3 is 21.3 Å². The Morgan fingerprint density at radius 3 is 2.83 bits per heavy atom. The number of aromatic nitrogens is 4. The molecule has 1 amide bonds. The van der Waals surface area contributed by atoms with E-state index in [0.717, 1.165) is 53.8 Å². The van der Waals surface area contributed by atoms with Gasteiger partial charge in [-0.15, -0.1) is 0 Å². The SMILES string of the molecule is Cc1c(-c2cc3cc(Nc4cc5n(n4)CC(=O)N(C)CC5)ncc3c(N)c2F)cnc2c1NCCC2. The van der Waals surface area contributed by atoms with Crippen molar-refractivity contribution in [1.29, 1.82) is 0 Å². The van der Waals surface area contributed by atoms with Crippen LogP contribution in [0.5, 0.6) is 0 Å². The van der Waals surface area contributed by atoms with E-state index in [1.165, 1.54) is 0 Å². The number of hydrogen-bond acceptors (Lipinski definition) is 7. The molecule has 2 aliphatic heterocycles. The summed E-state index contributed by atoms with van der Waals surface area (Å²) in [6, 6.07) is 5.55. The molecule has 0 spiro atoms. The Balaban J connectivity index is 1.37. The van der Waals surface area contributed by atoms with Crippen molar-refractivity contribution in [2.24, 2.45) is 0 Å². The fraction of sp³-hybridized carbons (Fsp3) is 0.308. The minimum absolute atomic E-state index is 0.0272. The Bertz CT molecular complexity index is 1530. The van der Waals surface area contributed by atoms with Crippen LogP contribution in [0.3, 0.4) is 0 Å². The molecule has 36 heavy (non-hydrogen) atoms. The molecule has 9 nitrogen and oxygen atoms in total. The Kier molecular flexibility index (Phi) is 5.24. The van der Waals surface area contributed by atoms with Crippen LogP contribution in [0, 0.1) is 12.7 Å². The molecule has 0 saturated carbocycles. The number of nitrogen functional groups attached to an aromatic ring is 1. The van der Waals surface area contributed by atoms with Gasteiger partial charge in [-0.2, -0.15) is 5.10 Å². The van der Waals surface area contributed by atoms with Gasteiger partial charge in [0.2, 0.25) is 5.91 Å². The third kappa shape index (κ3) is 3.69. The van der Waals surface area contributed by atoms with E-state index in [9.17, 15) is 4.79 Å². The van der Waals surface area contributed by atoms with Gasteiger partial charge in [-0.1, -0.05) is 0 Å². The third-order valence-electron chi connectivity index (χ3n) is 7.13. The predicted molar refractivity (Wildman–Crippen MR) is 138 cm³/mol. The van der Waals surface area contributed by atoms with Crippen molar-refractivity contribution >= 4 is 39.7 Å². The predicted octanol–water partition coefficient (Wildman–Crippen LogP) is 3.64. The number of nitrogens with zero attached hydrogens (tertiary/aromatic N) is 5. The molecular formula is C26H27FN8O. The third-order valence-corrected chi connectivity index (χ3v) is 7.13. The van der Waals surface area contributed by atoms with E-state index in [1.54, 1.807) is 35.1 Å². The van der Waals surface area contributed by atoms with Crippen molar-refractivity contribution in [3.8, 4) is 11.1 Å². The first-order valence-corrected chi connectivity index (χ1v) is 12.1. The number of likely N-dealkylation sites (N-methyl/N-ethyl adjacent to an activating group) is 1.